The summed E-state index contributed by atoms with van der Waals surface area (Å²) in [6.45, 7) is 0. The van der Waals surface area contributed by atoms with Crippen LogP contribution >= 0.6 is 0 Å². The zero-order chi connectivity index (χ0) is 20.3. The minimum atomic E-state index is -4.53. The summed E-state index contributed by atoms with van der Waals surface area (Å²) in [4.78, 5) is 16.0. The average Bonchev–Trinajstić information content (AvgIpc) is 2.64. The van der Waals surface area contributed by atoms with Crippen molar-refractivity contribution in [2.45, 2.75) is 6.18 Å². The Morgan fingerprint density at radius 1 is 0.964 bits per heavy atom. The number of hydrogen-bond acceptors (Lipinski definition) is 3. The number of anilines is 1. The molecule has 1 aromatic heterocycles. The zero-order valence-electron chi connectivity index (χ0n) is 13.9. The third-order valence-corrected chi connectivity index (χ3v) is 3.54. The number of halogens is 5. The van der Waals surface area contributed by atoms with Crippen molar-refractivity contribution in [2.24, 2.45) is 0 Å². The Morgan fingerprint density at radius 3 is 2.43 bits per heavy atom. The summed E-state index contributed by atoms with van der Waals surface area (Å²) in [5.41, 5.74) is -1.31. The van der Waals surface area contributed by atoms with Gasteiger partial charge in [0.05, 0.1) is 11.3 Å². The quantitative estimate of drug-likeness (QED) is 0.601. The first-order valence-electron chi connectivity index (χ1n) is 7.80. The SMILES string of the molecule is O=C(Nc1ccc(F)cc1F)c1cc(Oc2cccc(C(F)(F)F)c2)ccn1. The van der Waals surface area contributed by atoms with E-state index in [1.165, 1.54) is 30.5 Å². The van der Waals surface area contributed by atoms with Crippen molar-refractivity contribution in [2.75, 3.05) is 5.32 Å². The van der Waals surface area contributed by atoms with E-state index >= 15 is 0 Å². The Morgan fingerprint density at radius 2 is 1.71 bits per heavy atom. The van der Waals surface area contributed by atoms with Gasteiger partial charge in [0.25, 0.3) is 5.91 Å². The molecule has 3 rings (SSSR count). The molecule has 28 heavy (non-hydrogen) atoms. The van der Waals surface area contributed by atoms with Crippen LogP contribution in [0.1, 0.15) is 16.1 Å². The Balaban J connectivity index is 1.78. The van der Waals surface area contributed by atoms with Gasteiger partial charge in [-0.05, 0) is 36.4 Å². The lowest BCUT2D eigenvalue weighted by Crippen LogP contribution is -2.14. The summed E-state index contributed by atoms with van der Waals surface area (Å²) in [6.07, 6.45) is -3.32. The molecule has 0 saturated carbocycles. The maximum absolute atomic E-state index is 13.6. The molecule has 0 bridgehead atoms. The van der Waals surface area contributed by atoms with Gasteiger partial charge in [0.15, 0.2) is 0 Å². The van der Waals surface area contributed by atoms with E-state index < -0.39 is 29.3 Å². The molecule has 2 aromatic carbocycles. The number of nitrogens with one attached hydrogen (secondary N) is 1. The van der Waals surface area contributed by atoms with Crippen LogP contribution in [-0.4, -0.2) is 10.9 Å². The van der Waals surface area contributed by atoms with E-state index in [1.54, 1.807) is 0 Å². The molecular weight excluding hydrogens is 383 g/mol. The summed E-state index contributed by atoms with van der Waals surface area (Å²) in [6, 6.07) is 9.37. The van der Waals surface area contributed by atoms with E-state index in [1.807, 2.05) is 0 Å². The molecular formula is C19H11F5N2O2. The number of hydrogen-bond donors (Lipinski definition) is 1. The van der Waals surface area contributed by atoms with Crippen LogP contribution in [-0.2, 0) is 6.18 Å². The highest BCUT2D eigenvalue weighted by molar-refractivity contribution is 6.03. The molecule has 0 radical (unpaired) electrons. The van der Waals surface area contributed by atoms with Crippen LogP contribution in [0.3, 0.4) is 0 Å². The van der Waals surface area contributed by atoms with E-state index in [-0.39, 0.29) is 22.9 Å². The third kappa shape index (κ3) is 4.61. The van der Waals surface area contributed by atoms with Crippen LogP contribution in [0.25, 0.3) is 0 Å². The number of aromatic nitrogens is 1. The van der Waals surface area contributed by atoms with Crippen LogP contribution in [0.5, 0.6) is 11.5 Å². The molecule has 0 unspecified atom stereocenters. The monoisotopic (exact) mass is 394 g/mol. The lowest BCUT2D eigenvalue weighted by atomic mass is 10.2. The molecule has 0 atom stereocenters. The smallest absolute Gasteiger partial charge is 0.416 e. The Hall–Kier alpha value is -3.49. The number of ether oxygens (including phenoxy) is 1. The van der Waals surface area contributed by atoms with Crippen molar-refractivity contribution in [3.63, 3.8) is 0 Å². The number of nitrogens with zero attached hydrogens (tertiary/aromatic N) is 1. The molecule has 1 N–H and O–H groups in total. The third-order valence-electron chi connectivity index (χ3n) is 3.54. The molecule has 4 nitrogen and oxygen atoms in total. The van der Waals surface area contributed by atoms with Crippen molar-refractivity contribution in [1.82, 2.24) is 4.98 Å². The molecule has 1 heterocycles. The number of alkyl halides is 3. The van der Waals surface area contributed by atoms with Gasteiger partial charge in [-0.2, -0.15) is 13.2 Å². The molecule has 0 aliphatic rings. The molecule has 9 heteroatoms. The van der Waals surface area contributed by atoms with Crippen molar-refractivity contribution in [3.05, 3.63) is 83.7 Å². The van der Waals surface area contributed by atoms with Gasteiger partial charge in [-0.1, -0.05) is 6.07 Å². The lowest BCUT2D eigenvalue weighted by molar-refractivity contribution is -0.137. The van der Waals surface area contributed by atoms with Crippen LogP contribution < -0.4 is 10.1 Å². The molecule has 3 aromatic rings. The standard InChI is InChI=1S/C19H11F5N2O2/c20-12-4-5-16(15(21)9-12)26-18(27)17-10-14(6-7-25-17)28-13-3-1-2-11(8-13)19(22,23)24/h1-10H,(H,26,27). The predicted molar refractivity (Wildman–Crippen MR) is 90.1 cm³/mol. The summed E-state index contributed by atoms with van der Waals surface area (Å²) in [7, 11) is 0. The number of carbonyl (C=O) groups is 1. The van der Waals surface area contributed by atoms with Gasteiger partial charge in [-0.25, -0.2) is 8.78 Å². The molecule has 0 fully saturated rings. The molecule has 1 amide bonds. The number of amides is 1. The maximum Gasteiger partial charge on any atom is 0.416 e. The topological polar surface area (TPSA) is 51.2 Å². The van der Waals surface area contributed by atoms with E-state index in [2.05, 4.69) is 10.3 Å². The summed E-state index contributed by atoms with van der Waals surface area (Å²) in [5, 5.41) is 2.23. The molecule has 0 aliphatic carbocycles. The molecule has 0 spiro atoms. The van der Waals surface area contributed by atoms with Crippen molar-refractivity contribution < 1.29 is 31.5 Å². The molecule has 0 saturated heterocycles. The normalized spacial score (nSPS) is 11.2. The second-order valence-electron chi connectivity index (χ2n) is 5.58. The Bertz CT molecular complexity index is 1020. The highest BCUT2D eigenvalue weighted by atomic mass is 19.4. The van der Waals surface area contributed by atoms with E-state index in [4.69, 9.17) is 4.74 Å². The minimum Gasteiger partial charge on any atom is -0.457 e. The second kappa shape index (κ2) is 7.63. The van der Waals surface area contributed by atoms with Gasteiger partial charge in [-0.15, -0.1) is 0 Å². The van der Waals surface area contributed by atoms with Crippen LogP contribution in [0.4, 0.5) is 27.6 Å². The molecule has 144 valence electrons. The van der Waals surface area contributed by atoms with Crippen molar-refractivity contribution in [1.29, 1.82) is 0 Å². The number of pyridine rings is 1. The van der Waals surface area contributed by atoms with Crippen molar-refractivity contribution >= 4 is 11.6 Å². The average molecular weight is 394 g/mol. The predicted octanol–water partition coefficient (Wildman–Crippen LogP) is 5.42. The fraction of sp³-hybridized carbons (Fsp3) is 0.0526. The Kier molecular flexibility index (Phi) is 5.25. The number of carbonyl (C=O) groups excluding carboxylic acids is 1. The number of benzene rings is 2. The first-order chi connectivity index (χ1) is 13.2. The minimum absolute atomic E-state index is 0.0547. The van der Waals surface area contributed by atoms with Gasteiger partial charge in [-0.3, -0.25) is 9.78 Å². The number of rotatable bonds is 4. The highest BCUT2D eigenvalue weighted by Gasteiger charge is 2.30. The van der Waals surface area contributed by atoms with Gasteiger partial charge >= 0.3 is 6.18 Å². The van der Waals surface area contributed by atoms with Crippen LogP contribution in [0.2, 0.25) is 0 Å². The van der Waals surface area contributed by atoms with Gasteiger partial charge in [0.2, 0.25) is 0 Å². The molecule has 0 aliphatic heterocycles. The fourth-order valence-corrected chi connectivity index (χ4v) is 2.25. The largest absolute Gasteiger partial charge is 0.457 e. The highest BCUT2D eigenvalue weighted by Crippen LogP contribution is 2.32. The lowest BCUT2D eigenvalue weighted by Gasteiger charge is -2.11. The maximum atomic E-state index is 13.6. The zero-order valence-corrected chi connectivity index (χ0v) is 13.9. The van der Waals surface area contributed by atoms with Crippen LogP contribution in [0, 0.1) is 11.6 Å². The summed E-state index contributed by atoms with van der Waals surface area (Å²) in [5.74, 6) is -2.61. The first kappa shape index (κ1) is 19.3. The van der Waals surface area contributed by atoms with Gasteiger partial charge < -0.3 is 10.1 Å². The Labute approximate surface area is 155 Å². The summed E-state index contributed by atoms with van der Waals surface area (Å²) >= 11 is 0. The van der Waals surface area contributed by atoms with E-state index in [0.29, 0.717) is 6.07 Å². The first-order valence-corrected chi connectivity index (χ1v) is 7.80. The fourth-order valence-electron chi connectivity index (χ4n) is 2.25. The van der Waals surface area contributed by atoms with E-state index in [0.717, 1.165) is 24.3 Å². The van der Waals surface area contributed by atoms with Crippen LogP contribution in [0.15, 0.2) is 60.8 Å². The van der Waals surface area contributed by atoms with Crippen molar-refractivity contribution in [3.8, 4) is 11.5 Å². The summed E-state index contributed by atoms with van der Waals surface area (Å²) < 4.78 is 70.2. The van der Waals surface area contributed by atoms with Gasteiger partial charge in [0, 0.05) is 18.3 Å². The van der Waals surface area contributed by atoms with Gasteiger partial charge in [0.1, 0.15) is 28.8 Å². The van der Waals surface area contributed by atoms with E-state index in [9.17, 15) is 26.7 Å². The second-order valence-corrected chi connectivity index (χ2v) is 5.58.